The van der Waals surface area contributed by atoms with E-state index >= 15 is 0 Å². The number of hydrogen-bond acceptors (Lipinski definition) is 1. The Bertz CT molecular complexity index is 165. The Labute approximate surface area is 52.6 Å². The summed E-state index contributed by atoms with van der Waals surface area (Å²) in [6.07, 6.45) is 6.01. The molecule has 0 atom stereocenters. The second kappa shape index (κ2) is 2.14. The lowest BCUT2D eigenvalue weighted by Gasteiger charge is -1.93. The molecule has 0 aromatic heterocycles. The Morgan fingerprint density at radius 3 is 2.88 bits per heavy atom. The molecule has 0 aliphatic heterocycles. The first-order valence-corrected chi connectivity index (χ1v) is 2.65. The van der Waals surface area contributed by atoms with Crippen LogP contribution in [0, 0.1) is 6.08 Å². The summed E-state index contributed by atoms with van der Waals surface area (Å²) in [4.78, 5) is 10.4. The molecule has 8 heavy (non-hydrogen) atoms. The predicted octanol–water partition coefficient (Wildman–Crippen LogP) is 1.44. The maximum absolute atomic E-state index is 10.4. The number of rotatable bonds is 0. The van der Waals surface area contributed by atoms with Crippen LogP contribution in [0.2, 0.25) is 0 Å². The standard InChI is InChI=1S/C6H4ClO/c7-5-1-3-6(8)4-2-5/h1-2H,3H2. The van der Waals surface area contributed by atoms with Crippen LogP contribution in [-0.2, 0) is 4.79 Å². The molecule has 1 aliphatic rings. The minimum atomic E-state index is -0.00519. The van der Waals surface area contributed by atoms with Crippen LogP contribution in [0.25, 0.3) is 0 Å². The first-order valence-electron chi connectivity index (χ1n) is 2.27. The number of carbonyl (C=O) groups is 1. The van der Waals surface area contributed by atoms with Crippen LogP contribution in [-0.4, -0.2) is 5.78 Å². The van der Waals surface area contributed by atoms with Crippen LogP contribution in [0.1, 0.15) is 6.42 Å². The van der Waals surface area contributed by atoms with E-state index in [0.717, 1.165) is 0 Å². The van der Waals surface area contributed by atoms with Gasteiger partial charge in [-0.05, 0) is 6.08 Å². The molecule has 0 unspecified atom stereocenters. The van der Waals surface area contributed by atoms with Gasteiger partial charge in [-0.3, -0.25) is 4.79 Å². The van der Waals surface area contributed by atoms with Gasteiger partial charge in [-0.2, -0.15) is 0 Å². The Balaban J connectivity index is 2.71. The van der Waals surface area contributed by atoms with Crippen molar-refractivity contribution in [1.82, 2.24) is 0 Å². The van der Waals surface area contributed by atoms with Gasteiger partial charge in [-0.15, -0.1) is 0 Å². The van der Waals surface area contributed by atoms with Gasteiger partial charge >= 0.3 is 0 Å². The summed E-state index contributed by atoms with van der Waals surface area (Å²) in [5.74, 6) is -0.00519. The number of hydrogen-bond donors (Lipinski definition) is 0. The maximum atomic E-state index is 10.4. The van der Waals surface area contributed by atoms with E-state index in [1.807, 2.05) is 0 Å². The average Bonchev–Trinajstić information content (AvgIpc) is 1.77. The zero-order valence-corrected chi connectivity index (χ0v) is 4.90. The number of halogens is 1. The second-order valence-electron chi connectivity index (χ2n) is 1.50. The molecular weight excluding hydrogens is 124 g/mol. The van der Waals surface area contributed by atoms with Crippen molar-refractivity contribution in [2.75, 3.05) is 0 Å². The first kappa shape index (κ1) is 5.57. The van der Waals surface area contributed by atoms with Crippen LogP contribution in [0.5, 0.6) is 0 Å². The molecule has 1 rings (SSSR count). The maximum Gasteiger partial charge on any atom is 0.167 e. The van der Waals surface area contributed by atoms with Crippen LogP contribution < -0.4 is 0 Å². The summed E-state index contributed by atoms with van der Waals surface area (Å²) in [6, 6.07) is 0. The fourth-order valence-electron chi connectivity index (χ4n) is 0.457. The molecule has 1 aliphatic carbocycles. The second-order valence-corrected chi connectivity index (χ2v) is 1.94. The topological polar surface area (TPSA) is 17.1 Å². The zero-order chi connectivity index (χ0) is 5.98. The Morgan fingerprint density at radius 1 is 1.75 bits per heavy atom. The van der Waals surface area contributed by atoms with Crippen LogP contribution >= 0.6 is 11.6 Å². The molecule has 0 saturated carbocycles. The molecule has 0 N–H and O–H groups in total. The van der Waals surface area contributed by atoms with Crippen molar-refractivity contribution in [2.24, 2.45) is 0 Å². The summed E-state index contributed by atoms with van der Waals surface area (Å²) in [5, 5.41) is 0.601. The van der Waals surface area contributed by atoms with Crippen molar-refractivity contribution in [2.45, 2.75) is 6.42 Å². The lowest BCUT2D eigenvalue weighted by molar-refractivity contribution is -0.114. The minimum absolute atomic E-state index is 0.00519. The summed E-state index contributed by atoms with van der Waals surface area (Å²) < 4.78 is 0. The number of carbonyl (C=O) groups excluding carboxylic acids is 1. The Morgan fingerprint density at radius 2 is 2.50 bits per heavy atom. The van der Waals surface area contributed by atoms with E-state index < -0.39 is 0 Å². The summed E-state index contributed by atoms with van der Waals surface area (Å²) in [5.41, 5.74) is 0. The minimum Gasteiger partial charge on any atom is -0.294 e. The van der Waals surface area contributed by atoms with E-state index in [4.69, 9.17) is 11.6 Å². The monoisotopic (exact) mass is 127 g/mol. The first-order chi connectivity index (χ1) is 3.79. The van der Waals surface area contributed by atoms with Gasteiger partial charge in [-0.1, -0.05) is 17.7 Å². The fraction of sp³-hybridized carbons (Fsp3) is 0.167. The largest absolute Gasteiger partial charge is 0.294 e. The zero-order valence-electron chi connectivity index (χ0n) is 4.15. The van der Waals surface area contributed by atoms with E-state index in [-0.39, 0.29) is 5.78 Å². The lowest BCUT2D eigenvalue weighted by Crippen LogP contribution is -1.93. The molecule has 0 aromatic rings. The molecule has 0 amide bonds. The highest BCUT2D eigenvalue weighted by Gasteiger charge is 1.99. The van der Waals surface area contributed by atoms with Gasteiger partial charge < -0.3 is 0 Å². The van der Waals surface area contributed by atoms with Gasteiger partial charge in [0, 0.05) is 17.5 Å². The number of Topliss-reactive ketones (excluding diaryl/α,β-unsaturated/α-hetero) is 1. The van der Waals surface area contributed by atoms with E-state index in [1.165, 1.54) is 6.08 Å². The highest BCUT2D eigenvalue weighted by molar-refractivity contribution is 6.31. The predicted molar refractivity (Wildman–Crippen MR) is 31.4 cm³/mol. The third kappa shape index (κ3) is 1.20. The smallest absolute Gasteiger partial charge is 0.167 e. The molecule has 0 aromatic carbocycles. The fourth-order valence-corrected chi connectivity index (χ4v) is 0.589. The van der Waals surface area contributed by atoms with Crippen LogP contribution in [0.4, 0.5) is 0 Å². The third-order valence-corrected chi connectivity index (χ3v) is 1.12. The van der Waals surface area contributed by atoms with Crippen molar-refractivity contribution in [3.05, 3.63) is 23.3 Å². The van der Waals surface area contributed by atoms with Gasteiger partial charge in [0.25, 0.3) is 0 Å². The van der Waals surface area contributed by atoms with E-state index in [1.54, 1.807) is 6.08 Å². The molecule has 0 saturated heterocycles. The van der Waals surface area contributed by atoms with Crippen LogP contribution in [0.15, 0.2) is 17.2 Å². The molecule has 1 nitrogen and oxygen atoms in total. The highest BCUT2D eigenvalue weighted by Crippen LogP contribution is 2.09. The normalized spacial score (nSPS) is 18.6. The van der Waals surface area contributed by atoms with Crippen molar-refractivity contribution in [3.63, 3.8) is 0 Å². The Kier molecular flexibility index (Phi) is 1.49. The highest BCUT2D eigenvalue weighted by atomic mass is 35.5. The van der Waals surface area contributed by atoms with Crippen molar-refractivity contribution in [3.8, 4) is 0 Å². The van der Waals surface area contributed by atoms with Crippen molar-refractivity contribution in [1.29, 1.82) is 0 Å². The van der Waals surface area contributed by atoms with E-state index in [0.29, 0.717) is 11.5 Å². The van der Waals surface area contributed by atoms with Gasteiger partial charge in [0.05, 0.1) is 0 Å². The van der Waals surface area contributed by atoms with E-state index in [2.05, 4.69) is 6.08 Å². The van der Waals surface area contributed by atoms with Gasteiger partial charge in [0.2, 0.25) is 0 Å². The van der Waals surface area contributed by atoms with Gasteiger partial charge in [0.15, 0.2) is 5.78 Å². The third-order valence-electron chi connectivity index (χ3n) is 0.854. The van der Waals surface area contributed by atoms with Crippen molar-refractivity contribution < 1.29 is 4.79 Å². The molecule has 0 heterocycles. The van der Waals surface area contributed by atoms with Crippen molar-refractivity contribution >= 4 is 17.4 Å². The average molecular weight is 128 g/mol. The van der Waals surface area contributed by atoms with Gasteiger partial charge in [-0.25, -0.2) is 0 Å². The quantitative estimate of drug-likeness (QED) is 0.481. The Hall–Kier alpha value is -0.560. The van der Waals surface area contributed by atoms with Crippen LogP contribution in [0.3, 0.4) is 0 Å². The SMILES string of the molecule is O=C1[C]=CC(Cl)=CC1. The lowest BCUT2D eigenvalue weighted by atomic mass is 10.2. The van der Waals surface area contributed by atoms with Gasteiger partial charge in [0.1, 0.15) is 0 Å². The number of ketones is 1. The molecule has 2 heteroatoms. The molecule has 0 spiro atoms. The molecule has 41 valence electrons. The molecule has 0 bridgehead atoms. The molecule has 0 fully saturated rings. The molecule has 1 radical (unpaired) electrons. The number of allylic oxidation sites excluding steroid dienone is 4. The van der Waals surface area contributed by atoms with E-state index in [9.17, 15) is 4.79 Å². The summed E-state index contributed by atoms with van der Waals surface area (Å²) in [7, 11) is 0. The summed E-state index contributed by atoms with van der Waals surface area (Å²) >= 11 is 5.47. The summed E-state index contributed by atoms with van der Waals surface area (Å²) in [6.45, 7) is 0. The molecular formula is C6H4ClO.